The van der Waals surface area contributed by atoms with E-state index in [1.807, 2.05) is 0 Å². The molecule has 0 saturated heterocycles. The van der Waals surface area contributed by atoms with E-state index in [2.05, 4.69) is 4.52 Å². The molecule has 0 bridgehead atoms. The lowest BCUT2D eigenvalue weighted by Crippen LogP contribution is -1.85. The smallest absolute Gasteiger partial charge is 0.316 e. The minimum absolute atomic E-state index is 0.0395. The van der Waals surface area contributed by atoms with Gasteiger partial charge in [0.15, 0.2) is 0 Å². The fourth-order valence-corrected chi connectivity index (χ4v) is 0.487. The molecule has 0 radical (unpaired) electrons. The van der Waals surface area contributed by atoms with E-state index in [4.69, 9.17) is 4.89 Å². The minimum atomic E-state index is -2.82. The van der Waals surface area contributed by atoms with Gasteiger partial charge in [-0.05, 0) is 0 Å². The van der Waals surface area contributed by atoms with Crippen molar-refractivity contribution in [3.05, 3.63) is 0 Å². The Kier molecular flexibility index (Phi) is 4.85. The SMILES string of the molecule is O=CCCO[PH](=O)O. The average molecular weight is 138 g/mol. The van der Waals surface area contributed by atoms with Gasteiger partial charge in [0.05, 0.1) is 6.61 Å². The fraction of sp³-hybridized carbons (Fsp3) is 0.667. The molecule has 5 heteroatoms. The van der Waals surface area contributed by atoms with Crippen molar-refractivity contribution in [3.63, 3.8) is 0 Å². The first-order valence-electron chi connectivity index (χ1n) is 2.06. The number of carbonyl (C=O) groups is 1. The van der Waals surface area contributed by atoms with E-state index in [9.17, 15) is 9.36 Å². The molecule has 4 nitrogen and oxygen atoms in total. The molecule has 48 valence electrons. The Labute approximate surface area is 47.4 Å². The summed E-state index contributed by atoms with van der Waals surface area (Å²) < 4.78 is 13.9. The summed E-state index contributed by atoms with van der Waals surface area (Å²) in [5, 5.41) is 0. The van der Waals surface area contributed by atoms with Crippen LogP contribution in [0.4, 0.5) is 0 Å². The fourth-order valence-electron chi connectivity index (χ4n) is 0.194. The summed E-state index contributed by atoms with van der Waals surface area (Å²) in [5.41, 5.74) is 0. The van der Waals surface area contributed by atoms with E-state index < -0.39 is 8.25 Å². The predicted octanol–water partition coefficient (Wildman–Crippen LogP) is -0.0260. The highest BCUT2D eigenvalue weighted by Gasteiger charge is 1.88. The van der Waals surface area contributed by atoms with E-state index in [-0.39, 0.29) is 13.0 Å². The first-order valence-corrected chi connectivity index (χ1v) is 3.33. The van der Waals surface area contributed by atoms with Crippen LogP contribution in [-0.2, 0) is 13.9 Å². The van der Waals surface area contributed by atoms with Crippen LogP contribution in [0.25, 0.3) is 0 Å². The average Bonchev–Trinajstić information content (AvgIpc) is 1.66. The molecule has 1 unspecified atom stereocenters. The van der Waals surface area contributed by atoms with Crippen molar-refractivity contribution in [2.45, 2.75) is 6.42 Å². The maximum absolute atomic E-state index is 9.72. The zero-order chi connectivity index (χ0) is 6.41. The molecular weight excluding hydrogens is 131 g/mol. The topological polar surface area (TPSA) is 63.6 Å². The Bertz CT molecular complexity index is 91.3. The number of hydrogen-bond acceptors (Lipinski definition) is 3. The van der Waals surface area contributed by atoms with Crippen LogP contribution >= 0.6 is 8.25 Å². The second-order valence-corrected chi connectivity index (χ2v) is 1.89. The summed E-state index contributed by atoms with van der Waals surface area (Å²) in [7, 11) is -2.82. The highest BCUT2D eigenvalue weighted by Crippen LogP contribution is 2.13. The maximum atomic E-state index is 9.72. The first-order chi connectivity index (χ1) is 3.77. The van der Waals surface area contributed by atoms with Gasteiger partial charge in [0, 0.05) is 6.42 Å². The molecule has 0 aromatic heterocycles. The third-order valence-corrected chi connectivity index (χ3v) is 0.912. The Morgan fingerprint density at radius 2 is 2.38 bits per heavy atom. The quantitative estimate of drug-likeness (QED) is 0.336. The Hall–Kier alpha value is -0.180. The van der Waals surface area contributed by atoms with Crippen molar-refractivity contribution in [2.24, 2.45) is 0 Å². The number of rotatable bonds is 4. The van der Waals surface area contributed by atoms with Gasteiger partial charge in [-0.1, -0.05) is 0 Å². The molecule has 0 aromatic carbocycles. The van der Waals surface area contributed by atoms with Gasteiger partial charge < -0.3 is 14.2 Å². The van der Waals surface area contributed by atoms with Crippen molar-refractivity contribution in [2.75, 3.05) is 6.61 Å². The molecule has 1 atom stereocenters. The van der Waals surface area contributed by atoms with Gasteiger partial charge in [0.1, 0.15) is 6.29 Å². The second kappa shape index (κ2) is 4.97. The van der Waals surface area contributed by atoms with Gasteiger partial charge in [-0.2, -0.15) is 0 Å². The van der Waals surface area contributed by atoms with E-state index in [0.29, 0.717) is 6.29 Å². The molecule has 0 fully saturated rings. The van der Waals surface area contributed by atoms with E-state index >= 15 is 0 Å². The first kappa shape index (κ1) is 7.82. The maximum Gasteiger partial charge on any atom is 0.316 e. The van der Waals surface area contributed by atoms with E-state index in [0.717, 1.165) is 0 Å². The summed E-state index contributed by atoms with van der Waals surface area (Å²) >= 11 is 0. The third-order valence-electron chi connectivity index (χ3n) is 0.461. The molecule has 0 aliphatic rings. The van der Waals surface area contributed by atoms with Gasteiger partial charge in [-0.25, -0.2) is 0 Å². The highest BCUT2D eigenvalue weighted by molar-refractivity contribution is 7.32. The molecule has 0 aliphatic heterocycles. The number of carbonyl (C=O) groups excluding carboxylic acids is 1. The summed E-state index contributed by atoms with van der Waals surface area (Å²) in [6.45, 7) is 0.0395. The van der Waals surface area contributed by atoms with Crippen LogP contribution in [0.3, 0.4) is 0 Å². The van der Waals surface area contributed by atoms with Crippen LogP contribution in [0.1, 0.15) is 6.42 Å². The zero-order valence-electron chi connectivity index (χ0n) is 4.16. The Morgan fingerprint density at radius 3 is 2.75 bits per heavy atom. The van der Waals surface area contributed by atoms with Crippen LogP contribution in [-0.4, -0.2) is 17.8 Å². The Morgan fingerprint density at radius 1 is 1.75 bits per heavy atom. The van der Waals surface area contributed by atoms with Crippen LogP contribution in [0.2, 0.25) is 0 Å². The molecule has 8 heavy (non-hydrogen) atoms. The summed E-state index contributed by atoms with van der Waals surface area (Å²) in [6.07, 6.45) is 0.807. The summed E-state index contributed by atoms with van der Waals surface area (Å²) in [4.78, 5) is 17.5. The molecule has 1 N–H and O–H groups in total. The van der Waals surface area contributed by atoms with Gasteiger partial charge in [-0.15, -0.1) is 0 Å². The molecule has 0 amide bonds. The standard InChI is InChI=1S/C3H7O4P/c4-2-1-3-7-8(5)6/h2,8H,1,3H2,(H,5,6). The zero-order valence-corrected chi connectivity index (χ0v) is 5.16. The Balaban J connectivity index is 2.93. The number of hydrogen-bond donors (Lipinski definition) is 1. The predicted molar refractivity (Wildman–Crippen MR) is 27.9 cm³/mol. The lowest BCUT2D eigenvalue weighted by Gasteiger charge is -1.90. The van der Waals surface area contributed by atoms with E-state index in [1.165, 1.54) is 0 Å². The van der Waals surface area contributed by atoms with Crippen LogP contribution in [0.5, 0.6) is 0 Å². The van der Waals surface area contributed by atoms with Crippen molar-refractivity contribution in [3.8, 4) is 0 Å². The normalized spacial score (nSPS) is 13.1. The molecule has 0 aliphatic carbocycles. The molecule has 0 saturated carbocycles. The van der Waals surface area contributed by atoms with Crippen LogP contribution in [0, 0.1) is 0 Å². The second-order valence-electron chi connectivity index (χ2n) is 1.07. The van der Waals surface area contributed by atoms with E-state index in [1.54, 1.807) is 0 Å². The van der Waals surface area contributed by atoms with Crippen molar-refractivity contribution < 1.29 is 18.8 Å². The lowest BCUT2D eigenvalue weighted by molar-refractivity contribution is -0.108. The largest absolute Gasteiger partial charge is 0.326 e. The molecule has 0 aromatic rings. The summed E-state index contributed by atoms with van der Waals surface area (Å²) in [6, 6.07) is 0. The highest BCUT2D eigenvalue weighted by atomic mass is 31.1. The van der Waals surface area contributed by atoms with Gasteiger partial charge in [0.2, 0.25) is 0 Å². The van der Waals surface area contributed by atoms with Gasteiger partial charge in [-0.3, -0.25) is 4.57 Å². The minimum Gasteiger partial charge on any atom is -0.326 e. The van der Waals surface area contributed by atoms with Crippen molar-refractivity contribution in [1.29, 1.82) is 0 Å². The van der Waals surface area contributed by atoms with Gasteiger partial charge in [0.25, 0.3) is 0 Å². The molecular formula is C3H7O4P. The monoisotopic (exact) mass is 138 g/mol. The van der Waals surface area contributed by atoms with Crippen molar-refractivity contribution in [1.82, 2.24) is 0 Å². The summed E-state index contributed by atoms with van der Waals surface area (Å²) in [5.74, 6) is 0. The van der Waals surface area contributed by atoms with Gasteiger partial charge >= 0.3 is 8.25 Å². The molecule has 0 heterocycles. The van der Waals surface area contributed by atoms with Crippen LogP contribution < -0.4 is 0 Å². The molecule has 0 spiro atoms. The van der Waals surface area contributed by atoms with Crippen molar-refractivity contribution >= 4 is 14.5 Å². The molecule has 0 rings (SSSR count). The number of aldehydes is 1. The lowest BCUT2D eigenvalue weighted by atomic mass is 10.5. The third kappa shape index (κ3) is 5.82. The van der Waals surface area contributed by atoms with Crippen LogP contribution in [0.15, 0.2) is 0 Å².